The minimum Gasteiger partial charge on any atom is -0.506 e. The molecule has 24 heavy (non-hydrogen) atoms. The lowest BCUT2D eigenvalue weighted by molar-refractivity contribution is 0.0405. The number of fused-ring (bicyclic) bond motifs is 3. The molecule has 2 aromatic rings. The molecule has 4 heterocycles. The number of aromatic hydroxyl groups is 1. The van der Waals surface area contributed by atoms with Crippen molar-refractivity contribution < 1.29 is 5.11 Å². The first-order valence-corrected chi connectivity index (χ1v) is 8.30. The minimum atomic E-state index is 0. The molecule has 2 bridgehead atoms. The van der Waals surface area contributed by atoms with Crippen LogP contribution < -0.4 is 0 Å². The van der Waals surface area contributed by atoms with Gasteiger partial charge in [-0.3, -0.25) is 4.68 Å². The lowest BCUT2D eigenvalue weighted by atomic mass is 9.79. The van der Waals surface area contributed by atoms with Gasteiger partial charge in [0.15, 0.2) is 0 Å². The lowest BCUT2D eigenvalue weighted by Crippen LogP contribution is -2.48. The molecule has 1 N–H and O–H groups in total. The molecule has 4 nitrogen and oxygen atoms in total. The van der Waals surface area contributed by atoms with Gasteiger partial charge in [0.2, 0.25) is 0 Å². The summed E-state index contributed by atoms with van der Waals surface area (Å²) in [5, 5.41) is 14.4. The van der Waals surface area contributed by atoms with Crippen LogP contribution in [0.15, 0.2) is 30.6 Å². The van der Waals surface area contributed by atoms with Gasteiger partial charge < -0.3 is 10.0 Å². The van der Waals surface area contributed by atoms with E-state index in [9.17, 15) is 5.11 Å². The second-order valence-electron chi connectivity index (χ2n) is 6.52. The molecule has 1 aromatic heterocycles. The van der Waals surface area contributed by atoms with E-state index in [0.717, 1.165) is 29.5 Å². The molecular weight excluding hydrogens is 369 g/mol. The predicted molar refractivity (Wildman–Crippen MR) is 101 cm³/mol. The summed E-state index contributed by atoms with van der Waals surface area (Å²) in [6.07, 6.45) is 6.64. The maximum atomic E-state index is 9.52. The quantitative estimate of drug-likeness (QED) is 0.858. The van der Waals surface area contributed by atoms with Crippen molar-refractivity contribution in [1.29, 1.82) is 0 Å². The van der Waals surface area contributed by atoms with Gasteiger partial charge in [-0.05, 0) is 55.5 Å². The summed E-state index contributed by atoms with van der Waals surface area (Å²) in [5.41, 5.74) is 2.03. The van der Waals surface area contributed by atoms with Crippen molar-refractivity contribution in [3.8, 4) is 16.9 Å². The van der Waals surface area contributed by atoms with E-state index in [1.165, 1.54) is 32.5 Å². The van der Waals surface area contributed by atoms with Crippen LogP contribution in [0.1, 0.15) is 12.8 Å². The minimum absolute atomic E-state index is 0. The van der Waals surface area contributed by atoms with Crippen molar-refractivity contribution in [3.63, 3.8) is 0 Å². The second-order valence-corrected chi connectivity index (χ2v) is 6.92. The highest BCUT2D eigenvalue weighted by molar-refractivity contribution is 6.32. The van der Waals surface area contributed by atoms with Crippen LogP contribution >= 0.6 is 36.4 Å². The van der Waals surface area contributed by atoms with Gasteiger partial charge in [0.25, 0.3) is 0 Å². The highest BCUT2D eigenvalue weighted by Gasteiger charge is 2.34. The van der Waals surface area contributed by atoms with Crippen LogP contribution in [0.25, 0.3) is 11.1 Å². The van der Waals surface area contributed by atoms with Gasteiger partial charge in [-0.25, -0.2) is 0 Å². The zero-order chi connectivity index (χ0) is 15.1. The van der Waals surface area contributed by atoms with Crippen LogP contribution in [0.3, 0.4) is 0 Å². The molecule has 0 aliphatic carbocycles. The van der Waals surface area contributed by atoms with Crippen LogP contribution in [0.4, 0.5) is 0 Å². The van der Waals surface area contributed by atoms with Gasteiger partial charge in [-0.15, -0.1) is 24.8 Å². The largest absolute Gasteiger partial charge is 0.506 e. The average molecular weight is 391 g/mol. The van der Waals surface area contributed by atoms with Gasteiger partial charge in [0.05, 0.1) is 11.2 Å². The summed E-state index contributed by atoms with van der Waals surface area (Å²) in [6.45, 7) is 4.76. The SMILES string of the molecule is Cl.Cl.Oc1ccc(-c2cnn(CC3CN4CCC3CC4)c2)cc1Cl. The Bertz CT molecular complexity index is 683. The number of phenolic OH excluding ortho intramolecular Hbond substituents is 1. The molecule has 1 unspecified atom stereocenters. The van der Waals surface area contributed by atoms with E-state index >= 15 is 0 Å². The number of piperidine rings is 3. The van der Waals surface area contributed by atoms with Crippen LogP contribution in [0.5, 0.6) is 5.75 Å². The first kappa shape index (κ1) is 19.4. The number of nitrogens with zero attached hydrogens (tertiary/aromatic N) is 3. The molecule has 3 aliphatic rings. The Morgan fingerprint density at radius 2 is 1.92 bits per heavy atom. The summed E-state index contributed by atoms with van der Waals surface area (Å²) in [6, 6.07) is 5.28. The van der Waals surface area contributed by atoms with Crippen LogP contribution in [-0.4, -0.2) is 39.4 Å². The molecule has 1 aromatic carbocycles. The fourth-order valence-electron chi connectivity index (χ4n) is 3.83. The van der Waals surface area contributed by atoms with E-state index in [-0.39, 0.29) is 30.6 Å². The zero-order valence-corrected chi connectivity index (χ0v) is 15.7. The molecule has 0 saturated carbocycles. The molecule has 0 spiro atoms. The van der Waals surface area contributed by atoms with Gasteiger partial charge in [-0.2, -0.15) is 5.10 Å². The number of hydrogen-bond donors (Lipinski definition) is 1. The topological polar surface area (TPSA) is 41.3 Å². The van der Waals surface area contributed by atoms with Crippen molar-refractivity contribution in [1.82, 2.24) is 14.7 Å². The molecule has 0 radical (unpaired) electrons. The van der Waals surface area contributed by atoms with Gasteiger partial charge in [0, 0.05) is 24.8 Å². The van der Waals surface area contributed by atoms with Gasteiger partial charge >= 0.3 is 0 Å². The van der Waals surface area contributed by atoms with Crippen molar-refractivity contribution in [2.45, 2.75) is 19.4 Å². The molecular formula is C17H22Cl3N3O. The van der Waals surface area contributed by atoms with E-state index in [1.807, 2.05) is 12.3 Å². The number of benzene rings is 1. The number of phenols is 1. The number of rotatable bonds is 3. The van der Waals surface area contributed by atoms with E-state index in [4.69, 9.17) is 11.6 Å². The standard InChI is InChI=1S/C17H20ClN3O.2ClH/c18-16-7-13(1-2-17(16)22)14-8-19-21(10-14)11-15-9-20-5-3-12(15)4-6-20;;/h1-2,7-8,10,12,15,22H,3-6,9,11H2;2*1H. The average Bonchev–Trinajstić information content (AvgIpc) is 3.00. The lowest BCUT2D eigenvalue weighted by Gasteiger charge is -2.44. The third-order valence-electron chi connectivity index (χ3n) is 5.13. The fraction of sp³-hybridized carbons (Fsp3) is 0.471. The Balaban J connectivity index is 0.00000104. The first-order chi connectivity index (χ1) is 10.7. The molecule has 3 aliphatic heterocycles. The zero-order valence-electron chi connectivity index (χ0n) is 13.3. The summed E-state index contributed by atoms with van der Waals surface area (Å²) in [5.74, 6) is 1.70. The predicted octanol–water partition coefficient (Wildman–Crippen LogP) is 4.09. The third kappa shape index (κ3) is 3.83. The molecule has 3 fully saturated rings. The fourth-order valence-corrected chi connectivity index (χ4v) is 4.01. The summed E-state index contributed by atoms with van der Waals surface area (Å²) < 4.78 is 2.06. The summed E-state index contributed by atoms with van der Waals surface area (Å²) in [4.78, 5) is 2.58. The highest BCUT2D eigenvalue weighted by Crippen LogP contribution is 2.34. The van der Waals surface area contributed by atoms with Crippen LogP contribution in [0, 0.1) is 11.8 Å². The maximum Gasteiger partial charge on any atom is 0.134 e. The van der Waals surface area contributed by atoms with Gasteiger partial charge in [0.1, 0.15) is 5.75 Å². The maximum absolute atomic E-state index is 9.52. The molecule has 5 rings (SSSR count). The van der Waals surface area contributed by atoms with Gasteiger partial charge in [-0.1, -0.05) is 17.7 Å². The molecule has 3 saturated heterocycles. The molecule has 1 atom stereocenters. The van der Waals surface area contributed by atoms with Crippen molar-refractivity contribution in [2.75, 3.05) is 19.6 Å². The van der Waals surface area contributed by atoms with Crippen molar-refractivity contribution >= 4 is 36.4 Å². The summed E-state index contributed by atoms with van der Waals surface area (Å²) in [7, 11) is 0. The number of hydrogen-bond acceptors (Lipinski definition) is 3. The van der Waals surface area contributed by atoms with Crippen molar-refractivity contribution in [3.05, 3.63) is 35.6 Å². The number of halogens is 3. The Morgan fingerprint density at radius 3 is 2.54 bits per heavy atom. The Hall–Kier alpha value is -0.940. The van der Waals surface area contributed by atoms with E-state index in [2.05, 4.69) is 20.9 Å². The third-order valence-corrected chi connectivity index (χ3v) is 5.43. The second kappa shape index (κ2) is 7.96. The smallest absolute Gasteiger partial charge is 0.134 e. The van der Waals surface area contributed by atoms with E-state index in [1.54, 1.807) is 12.1 Å². The normalized spacial score (nSPS) is 25.0. The Labute approximate surface area is 159 Å². The first-order valence-electron chi connectivity index (χ1n) is 7.93. The highest BCUT2D eigenvalue weighted by atomic mass is 35.5. The van der Waals surface area contributed by atoms with E-state index in [0.29, 0.717) is 5.02 Å². The molecule has 0 amide bonds. The number of aromatic nitrogens is 2. The van der Waals surface area contributed by atoms with E-state index < -0.39 is 0 Å². The molecule has 132 valence electrons. The Morgan fingerprint density at radius 1 is 1.17 bits per heavy atom. The van der Waals surface area contributed by atoms with Crippen LogP contribution in [-0.2, 0) is 6.54 Å². The summed E-state index contributed by atoms with van der Waals surface area (Å²) >= 11 is 5.99. The van der Waals surface area contributed by atoms with Crippen molar-refractivity contribution in [2.24, 2.45) is 11.8 Å². The monoisotopic (exact) mass is 389 g/mol. The molecule has 7 heteroatoms. The van der Waals surface area contributed by atoms with Crippen LogP contribution in [0.2, 0.25) is 5.02 Å². The Kier molecular flexibility index (Phi) is 6.43.